The molecule has 3 nitrogen and oxygen atoms in total. The van der Waals surface area contributed by atoms with Gasteiger partial charge in [-0.3, -0.25) is 0 Å². The predicted molar refractivity (Wildman–Crippen MR) is 39.6 cm³/mol. The van der Waals surface area contributed by atoms with E-state index in [1.807, 2.05) is 0 Å². The molecule has 0 aliphatic rings. The number of carbonyl (C=O) groups is 1. The summed E-state index contributed by atoms with van der Waals surface area (Å²) in [5.41, 5.74) is 5.40. The minimum absolute atomic E-state index is 0.0277. The van der Waals surface area contributed by atoms with E-state index in [-0.39, 0.29) is 5.57 Å². The first-order chi connectivity index (χ1) is 4.59. The number of hydrogen-bond acceptors (Lipinski definition) is 2. The SMILES string of the molecule is C=CCC(N)C(=C)C(=O)O. The maximum atomic E-state index is 10.2. The lowest BCUT2D eigenvalue weighted by atomic mass is 10.1. The van der Waals surface area contributed by atoms with Crippen molar-refractivity contribution in [3.63, 3.8) is 0 Å². The van der Waals surface area contributed by atoms with E-state index in [2.05, 4.69) is 13.2 Å². The molecule has 0 saturated heterocycles. The van der Waals surface area contributed by atoms with E-state index in [9.17, 15) is 4.79 Å². The fraction of sp³-hybridized carbons (Fsp3) is 0.286. The average Bonchev–Trinajstić information content (AvgIpc) is 1.87. The Morgan fingerprint density at radius 2 is 2.30 bits per heavy atom. The van der Waals surface area contributed by atoms with Crippen LogP contribution in [0.4, 0.5) is 0 Å². The van der Waals surface area contributed by atoms with Crippen molar-refractivity contribution >= 4 is 5.97 Å². The molecule has 0 aliphatic carbocycles. The highest BCUT2D eigenvalue weighted by molar-refractivity contribution is 5.87. The molecule has 0 heterocycles. The van der Waals surface area contributed by atoms with Gasteiger partial charge in [-0.05, 0) is 6.42 Å². The third kappa shape index (κ3) is 2.46. The van der Waals surface area contributed by atoms with Crippen LogP contribution in [0.2, 0.25) is 0 Å². The van der Waals surface area contributed by atoms with Gasteiger partial charge in [-0.2, -0.15) is 0 Å². The molecule has 0 saturated carbocycles. The molecule has 3 N–H and O–H groups in total. The van der Waals surface area contributed by atoms with Gasteiger partial charge in [0, 0.05) is 11.6 Å². The maximum Gasteiger partial charge on any atom is 0.332 e. The van der Waals surface area contributed by atoms with Crippen molar-refractivity contribution in [1.82, 2.24) is 0 Å². The molecule has 0 bridgehead atoms. The Morgan fingerprint density at radius 1 is 1.80 bits per heavy atom. The van der Waals surface area contributed by atoms with Crippen LogP contribution in [0.1, 0.15) is 6.42 Å². The van der Waals surface area contributed by atoms with E-state index >= 15 is 0 Å². The van der Waals surface area contributed by atoms with Crippen molar-refractivity contribution in [3.8, 4) is 0 Å². The van der Waals surface area contributed by atoms with Crippen LogP contribution in [0.5, 0.6) is 0 Å². The molecule has 0 spiro atoms. The molecule has 1 unspecified atom stereocenters. The molecular formula is C7H11NO2. The molecule has 0 aromatic rings. The normalized spacial score (nSPS) is 12.1. The quantitative estimate of drug-likeness (QED) is 0.443. The number of aliphatic carboxylic acids is 1. The van der Waals surface area contributed by atoms with E-state index < -0.39 is 12.0 Å². The maximum absolute atomic E-state index is 10.2. The molecule has 0 radical (unpaired) electrons. The minimum atomic E-state index is -1.05. The van der Waals surface area contributed by atoms with Crippen molar-refractivity contribution in [1.29, 1.82) is 0 Å². The Morgan fingerprint density at radius 3 is 2.60 bits per heavy atom. The van der Waals surface area contributed by atoms with Gasteiger partial charge in [-0.15, -0.1) is 6.58 Å². The predicted octanol–water partition coefficient (Wildman–Crippen LogP) is 0.531. The summed E-state index contributed by atoms with van der Waals surface area (Å²) in [4.78, 5) is 10.2. The molecule has 0 aromatic heterocycles. The van der Waals surface area contributed by atoms with E-state index in [1.54, 1.807) is 6.08 Å². The summed E-state index contributed by atoms with van der Waals surface area (Å²) in [5, 5.41) is 8.37. The Labute approximate surface area is 59.8 Å². The zero-order valence-electron chi connectivity index (χ0n) is 5.71. The largest absolute Gasteiger partial charge is 0.478 e. The fourth-order valence-corrected chi connectivity index (χ4v) is 0.480. The van der Waals surface area contributed by atoms with E-state index in [1.165, 1.54) is 0 Å². The second-order valence-corrected chi connectivity index (χ2v) is 1.96. The third-order valence-electron chi connectivity index (χ3n) is 1.14. The van der Waals surface area contributed by atoms with Gasteiger partial charge < -0.3 is 10.8 Å². The molecule has 0 amide bonds. The first-order valence-corrected chi connectivity index (χ1v) is 2.88. The summed E-state index contributed by atoms with van der Waals surface area (Å²) >= 11 is 0. The molecule has 0 aliphatic heterocycles. The summed E-state index contributed by atoms with van der Waals surface area (Å²) in [6, 6.07) is -0.505. The average molecular weight is 141 g/mol. The van der Waals surface area contributed by atoms with Crippen LogP contribution in [-0.4, -0.2) is 17.1 Å². The highest BCUT2D eigenvalue weighted by Gasteiger charge is 2.11. The van der Waals surface area contributed by atoms with Crippen LogP contribution < -0.4 is 5.73 Å². The molecule has 56 valence electrons. The lowest BCUT2D eigenvalue weighted by Crippen LogP contribution is -2.25. The second kappa shape index (κ2) is 3.85. The van der Waals surface area contributed by atoms with Gasteiger partial charge in [0.2, 0.25) is 0 Å². The van der Waals surface area contributed by atoms with Crippen LogP contribution >= 0.6 is 0 Å². The fourth-order valence-electron chi connectivity index (χ4n) is 0.480. The first kappa shape index (κ1) is 8.91. The summed E-state index contributed by atoms with van der Waals surface area (Å²) in [6.45, 7) is 6.73. The summed E-state index contributed by atoms with van der Waals surface area (Å²) in [6.07, 6.45) is 2.02. The van der Waals surface area contributed by atoms with Gasteiger partial charge in [0.15, 0.2) is 0 Å². The molecule has 3 heteroatoms. The van der Waals surface area contributed by atoms with E-state index in [0.29, 0.717) is 6.42 Å². The summed E-state index contributed by atoms with van der Waals surface area (Å²) in [7, 11) is 0. The topological polar surface area (TPSA) is 63.3 Å². The number of rotatable bonds is 4. The Bertz CT molecular complexity index is 163. The van der Waals surface area contributed by atoms with Crippen molar-refractivity contribution in [2.75, 3.05) is 0 Å². The number of carboxylic acid groups (broad SMARTS) is 1. The zero-order valence-corrected chi connectivity index (χ0v) is 5.71. The smallest absolute Gasteiger partial charge is 0.332 e. The molecule has 0 aromatic carbocycles. The lowest BCUT2D eigenvalue weighted by molar-refractivity contribution is -0.132. The third-order valence-corrected chi connectivity index (χ3v) is 1.14. The van der Waals surface area contributed by atoms with Gasteiger partial charge in [-0.1, -0.05) is 12.7 Å². The van der Waals surface area contributed by atoms with Gasteiger partial charge in [0.1, 0.15) is 0 Å². The van der Waals surface area contributed by atoms with E-state index in [4.69, 9.17) is 10.8 Å². The molecule has 0 rings (SSSR count). The van der Waals surface area contributed by atoms with Crippen molar-refractivity contribution in [3.05, 3.63) is 24.8 Å². The van der Waals surface area contributed by atoms with E-state index in [0.717, 1.165) is 0 Å². The van der Waals surface area contributed by atoms with Crippen LogP contribution in [-0.2, 0) is 4.79 Å². The highest BCUT2D eigenvalue weighted by atomic mass is 16.4. The molecular weight excluding hydrogens is 130 g/mol. The van der Waals surface area contributed by atoms with Crippen LogP contribution in [0.3, 0.4) is 0 Å². The monoisotopic (exact) mass is 141 g/mol. The second-order valence-electron chi connectivity index (χ2n) is 1.96. The Hall–Kier alpha value is -1.09. The summed E-state index contributed by atoms with van der Waals surface area (Å²) in [5.74, 6) is -1.05. The Kier molecular flexibility index (Phi) is 3.43. The number of hydrogen-bond donors (Lipinski definition) is 2. The lowest BCUT2D eigenvalue weighted by Gasteiger charge is -2.06. The number of carboxylic acids is 1. The van der Waals surface area contributed by atoms with Crippen molar-refractivity contribution in [2.24, 2.45) is 5.73 Å². The van der Waals surface area contributed by atoms with Gasteiger partial charge in [0.25, 0.3) is 0 Å². The number of nitrogens with two attached hydrogens (primary N) is 1. The highest BCUT2D eigenvalue weighted by Crippen LogP contribution is 2.00. The van der Waals surface area contributed by atoms with Gasteiger partial charge in [-0.25, -0.2) is 4.79 Å². The van der Waals surface area contributed by atoms with Gasteiger partial charge >= 0.3 is 5.97 Å². The summed E-state index contributed by atoms with van der Waals surface area (Å²) < 4.78 is 0. The first-order valence-electron chi connectivity index (χ1n) is 2.88. The van der Waals surface area contributed by atoms with Crippen LogP contribution in [0.25, 0.3) is 0 Å². The Balaban J connectivity index is 3.94. The molecule has 0 fully saturated rings. The molecule has 1 atom stereocenters. The van der Waals surface area contributed by atoms with Crippen molar-refractivity contribution in [2.45, 2.75) is 12.5 Å². The van der Waals surface area contributed by atoms with Crippen LogP contribution in [0, 0.1) is 0 Å². The standard InChI is InChI=1S/C7H11NO2/c1-3-4-6(8)5(2)7(9)10/h3,6H,1-2,4,8H2,(H,9,10). The molecule has 10 heavy (non-hydrogen) atoms. The van der Waals surface area contributed by atoms with Crippen molar-refractivity contribution < 1.29 is 9.90 Å². The van der Waals surface area contributed by atoms with Gasteiger partial charge in [0.05, 0.1) is 0 Å². The minimum Gasteiger partial charge on any atom is -0.478 e. The van der Waals surface area contributed by atoms with Crippen LogP contribution in [0.15, 0.2) is 24.8 Å². The zero-order chi connectivity index (χ0) is 8.15.